The Morgan fingerprint density at radius 1 is 1.06 bits per heavy atom. The normalized spacial score (nSPS) is 14.3. The van der Waals surface area contributed by atoms with Gasteiger partial charge in [-0.1, -0.05) is 6.07 Å². The molecule has 0 spiro atoms. The summed E-state index contributed by atoms with van der Waals surface area (Å²) in [7, 11) is 0. The Labute approximate surface area is 96.0 Å². The Hall–Kier alpha value is -1.37. The van der Waals surface area contributed by atoms with E-state index in [0.717, 1.165) is 22.3 Å². The predicted octanol–water partition coefficient (Wildman–Crippen LogP) is 1.84. The second-order valence-electron chi connectivity index (χ2n) is 4.19. The zero-order valence-corrected chi connectivity index (χ0v) is 10.1. The molecule has 0 amide bonds. The maximum absolute atomic E-state index is 9.93. The van der Waals surface area contributed by atoms with Crippen LogP contribution in [0.15, 0.2) is 6.07 Å². The van der Waals surface area contributed by atoms with Crippen LogP contribution in [0.25, 0.3) is 0 Å². The molecule has 0 saturated heterocycles. The summed E-state index contributed by atoms with van der Waals surface area (Å²) in [5.74, 6) is 0. The molecule has 0 aromatic heterocycles. The number of aliphatic hydroxyl groups is 2. The molecule has 1 aromatic rings. The fourth-order valence-electron chi connectivity index (χ4n) is 1.92. The van der Waals surface area contributed by atoms with E-state index in [4.69, 9.17) is 5.26 Å². The van der Waals surface area contributed by atoms with E-state index >= 15 is 0 Å². The summed E-state index contributed by atoms with van der Waals surface area (Å²) in [6, 6.07) is 3.70. The number of nitriles is 1. The van der Waals surface area contributed by atoms with Gasteiger partial charge in [0.15, 0.2) is 6.10 Å². The lowest BCUT2D eigenvalue weighted by molar-refractivity contribution is 0.0518. The Bertz CT molecular complexity index is 420. The summed E-state index contributed by atoms with van der Waals surface area (Å²) in [6.07, 6.45) is -2.51. The van der Waals surface area contributed by atoms with E-state index in [1.807, 2.05) is 33.8 Å². The molecule has 16 heavy (non-hydrogen) atoms. The first-order valence-corrected chi connectivity index (χ1v) is 5.23. The van der Waals surface area contributed by atoms with Crippen molar-refractivity contribution in [1.82, 2.24) is 0 Å². The smallest absolute Gasteiger partial charge is 0.170 e. The molecule has 86 valence electrons. The summed E-state index contributed by atoms with van der Waals surface area (Å²) in [4.78, 5) is 0. The zero-order valence-electron chi connectivity index (χ0n) is 10.1. The SMILES string of the molecule is Cc1cc(C)c(C)c(C(O)C(O)C#N)c1C. The van der Waals surface area contributed by atoms with E-state index in [2.05, 4.69) is 0 Å². The van der Waals surface area contributed by atoms with Crippen LogP contribution in [0, 0.1) is 39.0 Å². The van der Waals surface area contributed by atoms with Crippen LogP contribution in [0.2, 0.25) is 0 Å². The number of aliphatic hydroxyl groups excluding tert-OH is 2. The molecule has 2 N–H and O–H groups in total. The molecule has 0 radical (unpaired) electrons. The van der Waals surface area contributed by atoms with Gasteiger partial charge in [0.05, 0.1) is 6.07 Å². The van der Waals surface area contributed by atoms with Gasteiger partial charge in [-0.15, -0.1) is 0 Å². The number of hydrogen-bond donors (Lipinski definition) is 2. The molecular formula is C13H17NO2. The average Bonchev–Trinajstić information content (AvgIpc) is 2.25. The van der Waals surface area contributed by atoms with Crippen LogP contribution in [0.1, 0.15) is 33.9 Å². The standard InChI is InChI=1S/C13H17NO2/c1-7-5-8(2)10(4)12(9(7)3)13(16)11(15)6-14/h5,11,13,15-16H,1-4H3. The zero-order chi connectivity index (χ0) is 12.5. The quantitative estimate of drug-likeness (QED) is 0.746. The van der Waals surface area contributed by atoms with Gasteiger partial charge >= 0.3 is 0 Å². The lowest BCUT2D eigenvalue weighted by atomic mass is 9.89. The second kappa shape index (κ2) is 4.65. The van der Waals surface area contributed by atoms with Gasteiger partial charge in [-0.05, 0) is 55.5 Å². The third-order valence-electron chi connectivity index (χ3n) is 3.15. The molecule has 2 atom stereocenters. The number of rotatable bonds is 2. The van der Waals surface area contributed by atoms with Crippen molar-refractivity contribution in [2.24, 2.45) is 0 Å². The van der Waals surface area contributed by atoms with Crippen molar-refractivity contribution in [3.8, 4) is 6.07 Å². The molecule has 3 nitrogen and oxygen atoms in total. The van der Waals surface area contributed by atoms with Crippen LogP contribution < -0.4 is 0 Å². The predicted molar refractivity (Wildman–Crippen MR) is 62.0 cm³/mol. The fraction of sp³-hybridized carbons (Fsp3) is 0.462. The lowest BCUT2D eigenvalue weighted by Gasteiger charge is -2.20. The molecule has 0 saturated carbocycles. The van der Waals surface area contributed by atoms with Crippen molar-refractivity contribution < 1.29 is 10.2 Å². The summed E-state index contributed by atoms with van der Waals surface area (Å²) >= 11 is 0. The highest BCUT2D eigenvalue weighted by Crippen LogP contribution is 2.28. The topological polar surface area (TPSA) is 64.2 Å². The minimum absolute atomic E-state index is 0.673. The number of benzene rings is 1. The van der Waals surface area contributed by atoms with Crippen LogP contribution in [-0.4, -0.2) is 16.3 Å². The molecule has 0 aliphatic heterocycles. The number of nitrogens with zero attached hydrogens (tertiary/aromatic N) is 1. The maximum atomic E-state index is 9.93. The van der Waals surface area contributed by atoms with Crippen LogP contribution in [0.5, 0.6) is 0 Å². The minimum Gasteiger partial charge on any atom is -0.385 e. The van der Waals surface area contributed by atoms with Gasteiger partial charge < -0.3 is 10.2 Å². The first kappa shape index (κ1) is 12.7. The van der Waals surface area contributed by atoms with Crippen molar-refractivity contribution >= 4 is 0 Å². The Morgan fingerprint density at radius 2 is 1.50 bits per heavy atom. The first-order valence-electron chi connectivity index (χ1n) is 5.23. The van der Waals surface area contributed by atoms with Crippen molar-refractivity contribution in [3.63, 3.8) is 0 Å². The van der Waals surface area contributed by atoms with Crippen LogP contribution in [-0.2, 0) is 0 Å². The first-order chi connectivity index (χ1) is 7.40. The molecule has 0 heterocycles. The molecule has 2 unspecified atom stereocenters. The number of hydrogen-bond acceptors (Lipinski definition) is 3. The number of aryl methyl sites for hydroxylation is 2. The highest BCUT2D eigenvalue weighted by Gasteiger charge is 2.22. The minimum atomic E-state index is -1.38. The summed E-state index contributed by atoms with van der Waals surface area (Å²) in [5.41, 5.74) is 4.66. The monoisotopic (exact) mass is 219 g/mol. The summed E-state index contributed by atoms with van der Waals surface area (Å²) in [5, 5.41) is 28.0. The van der Waals surface area contributed by atoms with Crippen molar-refractivity contribution in [3.05, 3.63) is 33.9 Å². The average molecular weight is 219 g/mol. The third kappa shape index (κ3) is 2.08. The van der Waals surface area contributed by atoms with Crippen molar-refractivity contribution in [1.29, 1.82) is 5.26 Å². The van der Waals surface area contributed by atoms with Gasteiger partial charge in [0, 0.05) is 0 Å². The Kier molecular flexibility index (Phi) is 3.69. The maximum Gasteiger partial charge on any atom is 0.170 e. The lowest BCUT2D eigenvalue weighted by Crippen LogP contribution is -2.18. The molecule has 0 fully saturated rings. The largest absolute Gasteiger partial charge is 0.385 e. The van der Waals surface area contributed by atoms with E-state index in [9.17, 15) is 10.2 Å². The van der Waals surface area contributed by atoms with Gasteiger partial charge in [-0.2, -0.15) is 5.26 Å². The molecule has 0 aliphatic carbocycles. The van der Waals surface area contributed by atoms with Gasteiger partial charge in [-0.25, -0.2) is 0 Å². The summed E-state index contributed by atoms with van der Waals surface area (Å²) in [6.45, 7) is 7.70. The molecular weight excluding hydrogens is 202 g/mol. The Balaban J connectivity index is 3.38. The van der Waals surface area contributed by atoms with Gasteiger partial charge in [0.2, 0.25) is 0 Å². The summed E-state index contributed by atoms with van der Waals surface area (Å²) < 4.78 is 0. The van der Waals surface area contributed by atoms with Crippen LogP contribution in [0.3, 0.4) is 0 Å². The fourth-order valence-corrected chi connectivity index (χ4v) is 1.92. The van der Waals surface area contributed by atoms with E-state index < -0.39 is 12.2 Å². The highest BCUT2D eigenvalue weighted by molar-refractivity contribution is 5.45. The van der Waals surface area contributed by atoms with Gasteiger partial charge in [0.25, 0.3) is 0 Å². The van der Waals surface area contributed by atoms with E-state index in [0.29, 0.717) is 5.56 Å². The van der Waals surface area contributed by atoms with E-state index in [1.54, 1.807) is 6.07 Å². The van der Waals surface area contributed by atoms with Crippen LogP contribution >= 0.6 is 0 Å². The van der Waals surface area contributed by atoms with Gasteiger partial charge in [0.1, 0.15) is 6.10 Å². The molecule has 1 rings (SSSR count). The van der Waals surface area contributed by atoms with Gasteiger partial charge in [-0.3, -0.25) is 0 Å². The molecule has 0 bridgehead atoms. The third-order valence-corrected chi connectivity index (χ3v) is 3.15. The molecule has 0 aliphatic rings. The van der Waals surface area contributed by atoms with E-state index in [1.165, 1.54) is 0 Å². The van der Waals surface area contributed by atoms with E-state index in [-0.39, 0.29) is 0 Å². The van der Waals surface area contributed by atoms with Crippen molar-refractivity contribution in [2.45, 2.75) is 39.9 Å². The Morgan fingerprint density at radius 3 is 1.88 bits per heavy atom. The molecule has 3 heteroatoms. The second-order valence-corrected chi connectivity index (χ2v) is 4.19. The van der Waals surface area contributed by atoms with Crippen molar-refractivity contribution in [2.75, 3.05) is 0 Å². The van der Waals surface area contributed by atoms with Crippen LogP contribution in [0.4, 0.5) is 0 Å². The highest BCUT2D eigenvalue weighted by atomic mass is 16.3. The molecule has 1 aromatic carbocycles.